The minimum absolute atomic E-state index is 0.0206. The summed E-state index contributed by atoms with van der Waals surface area (Å²) in [5, 5.41) is 8.10. The van der Waals surface area contributed by atoms with Crippen LogP contribution in [0.25, 0.3) is 0 Å². The lowest BCUT2D eigenvalue weighted by Gasteiger charge is -2.14. The van der Waals surface area contributed by atoms with Gasteiger partial charge in [0.2, 0.25) is 5.91 Å². The molecule has 1 aliphatic carbocycles. The van der Waals surface area contributed by atoms with Crippen LogP contribution < -0.4 is 10.6 Å². The van der Waals surface area contributed by atoms with Gasteiger partial charge in [0.1, 0.15) is 0 Å². The first-order valence-corrected chi connectivity index (χ1v) is 9.35. The zero-order valence-corrected chi connectivity index (χ0v) is 14.2. The molecular weight excluding hydrogens is 320 g/mol. The predicted octanol–water partition coefficient (Wildman–Crippen LogP) is 3.12. The van der Waals surface area contributed by atoms with E-state index in [0.29, 0.717) is 12.1 Å². The fourth-order valence-corrected chi connectivity index (χ4v) is 4.79. The van der Waals surface area contributed by atoms with Gasteiger partial charge in [0.05, 0.1) is 12.5 Å². The third-order valence-electron chi connectivity index (χ3n) is 4.90. The van der Waals surface area contributed by atoms with E-state index in [4.69, 9.17) is 0 Å². The van der Waals surface area contributed by atoms with Gasteiger partial charge in [-0.05, 0) is 53.8 Å². The largest absolute Gasteiger partial charge is 0.352 e. The molecule has 1 aliphatic heterocycles. The Morgan fingerprint density at radius 2 is 2.08 bits per heavy atom. The highest BCUT2D eigenvalue weighted by atomic mass is 32.1. The molecule has 2 heterocycles. The molecule has 0 spiro atoms. The zero-order valence-electron chi connectivity index (χ0n) is 13.4. The summed E-state index contributed by atoms with van der Waals surface area (Å²) >= 11 is 1.82. The summed E-state index contributed by atoms with van der Waals surface area (Å²) in [5.41, 5.74) is 4.32. The predicted molar refractivity (Wildman–Crippen MR) is 94.1 cm³/mol. The van der Waals surface area contributed by atoms with E-state index in [2.05, 4.69) is 16.0 Å². The number of nitrogens with one attached hydrogen (secondary N) is 2. The number of rotatable bonds is 4. The highest BCUT2D eigenvalue weighted by molar-refractivity contribution is 7.10. The Morgan fingerprint density at radius 3 is 3.00 bits per heavy atom. The van der Waals surface area contributed by atoms with E-state index in [9.17, 15) is 9.59 Å². The first kappa shape index (κ1) is 15.4. The molecule has 0 radical (unpaired) electrons. The number of fused-ring (bicyclic) bond motifs is 2. The lowest BCUT2D eigenvalue weighted by atomic mass is 9.96. The number of hydrogen-bond acceptors (Lipinski definition) is 3. The van der Waals surface area contributed by atoms with Crippen LogP contribution in [0.5, 0.6) is 0 Å². The van der Waals surface area contributed by atoms with Gasteiger partial charge in [0, 0.05) is 17.0 Å². The molecule has 1 aromatic carbocycles. The van der Waals surface area contributed by atoms with Crippen LogP contribution >= 0.6 is 11.3 Å². The maximum absolute atomic E-state index is 12.3. The van der Waals surface area contributed by atoms with Crippen molar-refractivity contribution in [3.63, 3.8) is 0 Å². The van der Waals surface area contributed by atoms with Crippen LogP contribution in [0, 0.1) is 0 Å². The summed E-state index contributed by atoms with van der Waals surface area (Å²) < 4.78 is 0. The van der Waals surface area contributed by atoms with Gasteiger partial charge in [-0.3, -0.25) is 9.59 Å². The Kier molecular flexibility index (Phi) is 4.10. The van der Waals surface area contributed by atoms with Gasteiger partial charge in [-0.15, -0.1) is 11.3 Å². The normalized spacial score (nSPS) is 18.7. The van der Waals surface area contributed by atoms with Crippen LogP contribution in [0.15, 0.2) is 29.6 Å². The fraction of sp³-hybridized carbons (Fsp3) is 0.368. The van der Waals surface area contributed by atoms with Crippen molar-refractivity contribution in [3.8, 4) is 0 Å². The Labute approximate surface area is 145 Å². The van der Waals surface area contributed by atoms with E-state index in [1.807, 2.05) is 29.5 Å². The lowest BCUT2D eigenvalue weighted by Crippen LogP contribution is -2.29. The number of aryl methyl sites for hydroxylation is 1. The second kappa shape index (κ2) is 6.40. The van der Waals surface area contributed by atoms with Gasteiger partial charge < -0.3 is 10.6 Å². The highest BCUT2D eigenvalue weighted by Gasteiger charge is 2.29. The van der Waals surface area contributed by atoms with Gasteiger partial charge in [0.25, 0.3) is 5.91 Å². The molecule has 1 atom stereocenters. The summed E-state index contributed by atoms with van der Waals surface area (Å²) in [5.74, 6) is -0.108. The Balaban J connectivity index is 1.38. The van der Waals surface area contributed by atoms with Crippen molar-refractivity contribution in [3.05, 3.63) is 56.8 Å². The molecule has 124 valence electrons. The average Bonchev–Trinajstić information content (AvgIpc) is 3.15. The molecule has 1 aromatic heterocycles. The molecule has 2 N–H and O–H groups in total. The lowest BCUT2D eigenvalue weighted by molar-refractivity contribution is -0.121. The quantitative estimate of drug-likeness (QED) is 0.898. The van der Waals surface area contributed by atoms with E-state index in [0.717, 1.165) is 12.0 Å². The second-order valence-electron chi connectivity index (χ2n) is 6.46. The third kappa shape index (κ3) is 2.84. The third-order valence-corrected chi connectivity index (χ3v) is 6.04. The summed E-state index contributed by atoms with van der Waals surface area (Å²) in [6.45, 7) is 0.590. The molecule has 2 aliphatic rings. The molecule has 0 saturated heterocycles. The molecule has 24 heavy (non-hydrogen) atoms. The molecule has 4 rings (SSSR count). The van der Waals surface area contributed by atoms with Crippen LogP contribution in [0.3, 0.4) is 0 Å². The van der Waals surface area contributed by atoms with E-state index in [1.54, 1.807) is 6.07 Å². The van der Waals surface area contributed by atoms with Gasteiger partial charge in [-0.25, -0.2) is 0 Å². The molecule has 4 nitrogen and oxygen atoms in total. The molecule has 2 aromatic rings. The number of hydrogen-bond donors (Lipinski definition) is 2. The molecule has 5 heteroatoms. The van der Waals surface area contributed by atoms with Crippen LogP contribution in [0.2, 0.25) is 0 Å². The van der Waals surface area contributed by atoms with Crippen LogP contribution in [-0.4, -0.2) is 11.8 Å². The van der Waals surface area contributed by atoms with Gasteiger partial charge in [0.15, 0.2) is 0 Å². The summed E-state index contributed by atoms with van der Waals surface area (Å²) in [4.78, 5) is 25.7. The summed E-state index contributed by atoms with van der Waals surface area (Å²) in [6, 6.07) is 7.26. The van der Waals surface area contributed by atoms with Crippen molar-refractivity contribution in [1.82, 2.24) is 10.6 Å². The van der Waals surface area contributed by atoms with Crippen LogP contribution in [-0.2, 0) is 24.2 Å². The van der Waals surface area contributed by atoms with Gasteiger partial charge >= 0.3 is 0 Å². The van der Waals surface area contributed by atoms with Crippen molar-refractivity contribution < 1.29 is 9.59 Å². The maximum atomic E-state index is 12.3. The molecule has 2 amide bonds. The maximum Gasteiger partial charge on any atom is 0.252 e. The minimum atomic E-state index is -0.218. The van der Waals surface area contributed by atoms with Crippen LogP contribution in [0.4, 0.5) is 0 Å². The summed E-state index contributed by atoms with van der Waals surface area (Å²) in [7, 11) is 0. The summed E-state index contributed by atoms with van der Waals surface area (Å²) in [6.07, 6.45) is 5.12. The molecule has 0 bridgehead atoms. The molecular formula is C19H20N2O2S. The average molecular weight is 340 g/mol. The zero-order chi connectivity index (χ0) is 16.5. The topological polar surface area (TPSA) is 58.2 Å². The standard InChI is InChI=1S/C19H20N2O2S/c22-18(9-16-14-6-1-2-7-15(14)19(23)21-16)20-10-12-11-24-17-8-4-3-5-13(12)17/h1-2,6-7,11,16H,3-5,8-10H2,(H,20,22)(H,21,23)/t16-/m1/s1. The van der Waals surface area contributed by atoms with Crippen molar-refractivity contribution in [2.75, 3.05) is 0 Å². The van der Waals surface area contributed by atoms with E-state index >= 15 is 0 Å². The van der Waals surface area contributed by atoms with E-state index < -0.39 is 0 Å². The van der Waals surface area contributed by atoms with Crippen molar-refractivity contribution in [1.29, 1.82) is 0 Å². The highest BCUT2D eigenvalue weighted by Crippen LogP contribution is 2.30. The first-order valence-electron chi connectivity index (χ1n) is 8.47. The van der Waals surface area contributed by atoms with Gasteiger partial charge in [-0.1, -0.05) is 18.2 Å². The number of carbonyl (C=O) groups is 2. The number of thiophene rings is 1. The van der Waals surface area contributed by atoms with E-state index in [1.165, 1.54) is 35.3 Å². The number of carbonyl (C=O) groups excluding carboxylic acids is 2. The minimum Gasteiger partial charge on any atom is -0.352 e. The Hall–Kier alpha value is -2.14. The monoisotopic (exact) mass is 340 g/mol. The van der Waals surface area contributed by atoms with E-state index in [-0.39, 0.29) is 24.3 Å². The van der Waals surface area contributed by atoms with Crippen LogP contribution in [0.1, 0.15) is 57.2 Å². The fourth-order valence-electron chi connectivity index (χ4n) is 3.64. The molecule has 0 fully saturated rings. The smallest absolute Gasteiger partial charge is 0.252 e. The Morgan fingerprint density at radius 1 is 1.25 bits per heavy atom. The first-order chi connectivity index (χ1) is 11.7. The molecule has 0 saturated carbocycles. The van der Waals surface area contributed by atoms with Crippen molar-refractivity contribution >= 4 is 23.2 Å². The number of amides is 2. The van der Waals surface area contributed by atoms with Crippen molar-refractivity contribution in [2.45, 2.75) is 44.7 Å². The Bertz CT molecular complexity index is 796. The van der Waals surface area contributed by atoms with Gasteiger partial charge in [-0.2, -0.15) is 0 Å². The molecule has 0 unspecified atom stereocenters. The van der Waals surface area contributed by atoms with Crippen molar-refractivity contribution in [2.24, 2.45) is 0 Å². The SMILES string of the molecule is O=C(C[C@H]1NC(=O)c2ccccc21)NCc1csc2c1CCCC2. The number of benzene rings is 1. The second-order valence-corrected chi connectivity index (χ2v) is 7.43.